The summed E-state index contributed by atoms with van der Waals surface area (Å²) < 4.78 is 10.6. The molecule has 0 aliphatic rings. The van der Waals surface area contributed by atoms with Crippen LogP contribution in [0.5, 0.6) is 11.5 Å². The van der Waals surface area contributed by atoms with Crippen LogP contribution in [0.1, 0.15) is 57.2 Å². The highest BCUT2D eigenvalue weighted by molar-refractivity contribution is 6.11. The Morgan fingerprint density at radius 2 is 1.37 bits per heavy atom. The van der Waals surface area contributed by atoms with Crippen LogP contribution in [0, 0.1) is 0 Å². The lowest BCUT2D eigenvalue weighted by Crippen LogP contribution is -2.30. The van der Waals surface area contributed by atoms with Crippen LogP contribution >= 0.6 is 0 Å². The van der Waals surface area contributed by atoms with Crippen LogP contribution in [0.15, 0.2) is 109 Å². The number of nitrogens with one attached hydrogen (secondary N) is 2. The predicted molar refractivity (Wildman–Crippen MR) is 170 cm³/mol. The quantitative estimate of drug-likeness (QED) is 0.147. The zero-order valence-corrected chi connectivity index (χ0v) is 24.6. The zero-order chi connectivity index (χ0) is 30.8. The molecule has 4 rings (SSSR count). The van der Waals surface area contributed by atoms with E-state index in [0.29, 0.717) is 34.2 Å². The summed E-state index contributed by atoms with van der Waals surface area (Å²) in [5, 5.41) is 5.57. The van der Waals surface area contributed by atoms with Crippen molar-refractivity contribution in [1.29, 1.82) is 0 Å². The number of hydrogen-bond donors (Lipinski definition) is 2. The second kappa shape index (κ2) is 14.5. The summed E-state index contributed by atoms with van der Waals surface area (Å²) in [4.78, 5) is 39.0. The van der Waals surface area contributed by atoms with Crippen LogP contribution in [0.3, 0.4) is 0 Å². The van der Waals surface area contributed by atoms with Gasteiger partial charge in [-0.15, -0.1) is 0 Å². The van der Waals surface area contributed by atoms with E-state index in [9.17, 15) is 14.4 Å². The van der Waals surface area contributed by atoms with Crippen LogP contribution in [0.2, 0.25) is 0 Å². The molecule has 2 N–H and O–H groups in total. The van der Waals surface area contributed by atoms with E-state index in [1.54, 1.807) is 87.0 Å². The van der Waals surface area contributed by atoms with Crippen LogP contribution in [-0.4, -0.2) is 31.8 Å². The number of benzene rings is 4. The molecule has 0 bridgehead atoms. The Balaban J connectivity index is 1.49. The summed E-state index contributed by atoms with van der Waals surface area (Å²) in [5.41, 5.74) is 4.17. The molecule has 0 atom stereocenters. The maximum absolute atomic E-state index is 13.3. The van der Waals surface area contributed by atoms with Crippen molar-refractivity contribution >= 4 is 35.4 Å². The smallest absolute Gasteiger partial charge is 0.272 e. The van der Waals surface area contributed by atoms with E-state index >= 15 is 0 Å². The summed E-state index contributed by atoms with van der Waals surface area (Å²) in [5.74, 6) is 0.444. The van der Waals surface area contributed by atoms with Crippen molar-refractivity contribution in [2.45, 2.75) is 19.8 Å². The number of anilines is 1. The number of carbonyl (C=O) groups is 3. The molecule has 0 heterocycles. The molecule has 7 nitrogen and oxygen atoms in total. The Morgan fingerprint density at radius 3 is 2.00 bits per heavy atom. The van der Waals surface area contributed by atoms with Crippen molar-refractivity contribution in [2.75, 3.05) is 19.5 Å². The molecular weight excluding hydrogens is 540 g/mol. The van der Waals surface area contributed by atoms with Gasteiger partial charge in [-0.3, -0.25) is 14.4 Å². The predicted octanol–water partition coefficient (Wildman–Crippen LogP) is 7.13. The topological polar surface area (TPSA) is 93.7 Å². The average molecular weight is 575 g/mol. The molecule has 0 aromatic heterocycles. The van der Waals surface area contributed by atoms with Crippen molar-refractivity contribution < 1.29 is 23.9 Å². The fraction of sp³-hybridized carbons (Fsp3) is 0.139. The average Bonchev–Trinajstić information content (AvgIpc) is 3.04. The molecule has 0 fully saturated rings. The number of carbonyl (C=O) groups excluding carboxylic acids is 3. The number of methoxy groups -OCH3 is 2. The van der Waals surface area contributed by atoms with Crippen molar-refractivity contribution in [3.8, 4) is 11.5 Å². The number of hydrogen-bond acceptors (Lipinski definition) is 5. The highest BCUT2D eigenvalue weighted by atomic mass is 16.5. The first-order valence-corrected chi connectivity index (χ1v) is 13.8. The minimum Gasteiger partial charge on any atom is -0.493 e. The Bertz CT molecular complexity index is 1640. The van der Waals surface area contributed by atoms with Gasteiger partial charge in [0, 0.05) is 16.8 Å². The molecule has 4 aromatic carbocycles. The third-order valence-electron chi connectivity index (χ3n) is 6.70. The standard InChI is InChI=1S/C36H34N2O5/c1-24(2)27-14-10-25(11-15-27)22-31(38-35(40)29-8-6-5-7-9-29)36(41)37-30-18-16-28(17-19-30)32(39)20-12-26-13-21-33(42-3)34(23-26)43-4/h5-24H,1-4H3,(H,37,41)(H,38,40)/b20-12+,31-22-. The molecule has 0 saturated heterocycles. The summed E-state index contributed by atoms with van der Waals surface area (Å²) in [6, 6.07) is 28.4. The largest absolute Gasteiger partial charge is 0.493 e. The van der Waals surface area contributed by atoms with Crippen LogP contribution in [0.4, 0.5) is 5.69 Å². The first-order valence-electron chi connectivity index (χ1n) is 13.8. The van der Waals surface area contributed by atoms with E-state index < -0.39 is 11.8 Å². The fourth-order valence-corrected chi connectivity index (χ4v) is 4.23. The van der Waals surface area contributed by atoms with Crippen molar-refractivity contribution in [3.05, 3.63) is 137 Å². The van der Waals surface area contributed by atoms with E-state index in [1.165, 1.54) is 11.6 Å². The Hall–Kier alpha value is -5.43. The molecule has 0 saturated carbocycles. The lowest BCUT2D eigenvalue weighted by Gasteiger charge is -2.12. The molecule has 0 radical (unpaired) electrons. The summed E-state index contributed by atoms with van der Waals surface area (Å²) in [6.45, 7) is 4.22. The van der Waals surface area contributed by atoms with Gasteiger partial charge < -0.3 is 20.1 Å². The number of allylic oxidation sites excluding steroid dienone is 1. The second-order valence-corrected chi connectivity index (χ2v) is 10.0. The van der Waals surface area contributed by atoms with E-state index in [1.807, 2.05) is 36.4 Å². The molecule has 7 heteroatoms. The monoisotopic (exact) mass is 574 g/mol. The normalized spacial score (nSPS) is 11.3. The van der Waals surface area contributed by atoms with Gasteiger partial charge in [-0.25, -0.2) is 0 Å². The van der Waals surface area contributed by atoms with E-state index in [2.05, 4.69) is 24.5 Å². The summed E-state index contributed by atoms with van der Waals surface area (Å²) >= 11 is 0. The van der Waals surface area contributed by atoms with Gasteiger partial charge in [0.1, 0.15) is 5.70 Å². The fourth-order valence-electron chi connectivity index (χ4n) is 4.23. The molecule has 2 amide bonds. The van der Waals surface area contributed by atoms with Gasteiger partial charge in [-0.1, -0.05) is 68.5 Å². The Morgan fingerprint density at radius 1 is 0.721 bits per heavy atom. The van der Waals surface area contributed by atoms with Crippen LogP contribution in [-0.2, 0) is 4.79 Å². The maximum Gasteiger partial charge on any atom is 0.272 e. The highest BCUT2D eigenvalue weighted by Crippen LogP contribution is 2.28. The number of amides is 2. The Labute approximate surface area is 251 Å². The lowest BCUT2D eigenvalue weighted by atomic mass is 10.0. The first-order chi connectivity index (χ1) is 20.8. The van der Waals surface area contributed by atoms with Crippen LogP contribution < -0.4 is 20.1 Å². The van der Waals surface area contributed by atoms with Gasteiger partial charge >= 0.3 is 0 Å². The van der Waals surface area contributed by atoms with Crippen molar-refractivity contribution in [2.24, 2.45) is 0 Å². The molecule has 0 aliphatic carbocycles. The van der Waals surface area contributed by atoms with Crippen molar-refractivity contribution in [3.63, 3.8) is 0 Å². The summed E-state index contributed by atoms with van der Waals surface area (Å²) in [6.07, 6.45) is 4.80. The molecule has 0 spiro atoms. The maximum atomic E-state index is 13.3. The van der Waals surface area contributed by atoms with Gasteiger partial charge in [-0.05, 0) is 83.3 Å². The van der Waals surface area contributed by atoms with Crippen molar-refractivity contribution in [1.82, 2.24) is 5.32 Å². The first kappa shape index (κ1) is 30.5. The van der Waals surface area contributed by atoms with E-state index in [0.717, 1.165) is 11.1 Å². The third kappa shape index (κ3) is 8.30. The minimum atomic E-state index is -0.496. The third-order valence-corrected chi connectivity index (χ3v) is 6.70. The lowest BCUT2D eigenvalue weighted by molar-refractivity contribution is -0.113. The van der Waals surface area contributed by atoms with Gasteiger partial charge in [0.15, 0.2) is 17.3 Å². The van der Waals surface area contributed by atoms with Gasteiger partial charge in [0.2, 0.25) is 0 Å². The van der Waals surface area contributed by atoms with Gasteiger partial charge in [0.25, 0.3) is 11.8 Å². The van der Waals surface area contributed by atoms with Gasteiger partial charge in [0.05, 0.1) is 14.2 Å². The molecule has 0 unspecified atom stereocenters. The molecular formula is C36H34N2O5. The van der Waals surface area contributed by atoms with E-state index in [-0.39, 0.29) is 11.5 Å². The molecule has 43 heavy (non-hydrogen) atoms. The van der Waals surface area contributed by atoms with Gasteiger partial charge in [-0.2, -0.15) is 0 Å². The highest BCUT2D eigenvalue weighted by Gasteiger charge is 2.15. The zero-order valence-electron chi connectivity index (χ0n) is 24.6. The number of ketones is 1. The minimum absolute atomic E-state index is 0.0872. The second-order valence-electron chi connectivity index (χ2n) is 10.0. The van der Waals surface area contributed by atoms with Crippen LogP contribution in [0.25, 0.3) is 12.2 Å². The number of ether oxygens (including phenoxy) is 2. The number of rotatable bonds is 11. The molecule has 0 aliphatic heterocycles. The Kier molecular flexibility index (Phi) is 10.3. The molecule has 218 valence electrons. The molecule has 4 aromatic rings. The SMILES string of the molecule is COc1ccc(/C=C/C(=O)c2ccc(NC(=O)/C(=C/c3ccc(C(C)C)cc3)NC(=O)c3ccccc3)cc2)cc1OC. The summed E-state index contributed by atoms with van der Waals surface area (Å²) in [7, 11) is 3.11. The van der Waals surface area contributed by atoms with E-state index in [4.69, 9.17) is 9.47 Å².